The Hall–Kier alpha value is -3.41. The largest absolute Gasteiger partial charge is 0.416 e. The Bertz CT molecular complexity index is 1080. The number of nitrogens with zero attached hydrogens (tertiary/aromatic N) is 2. The average Bonchev–Trinajstić information content (AvgIpc) is 2.73. The summed E-state index contributed by atoms with van der Waals surface area (Å²) in [5.74, 6) is -2.30. The molecule has 1 saturated heterocycles. The number of benzene rings is 1. The number of ether oxygens (including phenoxy) is 1. The second-order valence-electron chi connectivity index (χ2n) is 7.12. The van der Waals surface area contributed by atoms with Crippen LogP contribution < -0.4 is 21.1 Å². The summed E-state index contributed by atoms with van der Waals surface area (Å²) in [4.78, 5) is 46.4. The van der Waals surface area contributed by atoms with Crippen LogP contribution in [0.3, 0.4) is 0 Å². The van der Waals surface area contributed by atoms with Crippen LogP contribution in [0, 0.1) is 0 Å². The second-order valence-corrected chi connectivity index (χ2v) is 7.12. The second kappa shape index (κ2) is 8.02. The maximum atomic E-state index is 12.9. The predicted molar refractivity (Wildman–Crippen MR) is 104 cm³/mol. The lowest BCUT2D eigenvalue weighted by Gasteiger charge is -2.29. The highest BCUT2D eigenvalue weighted by atomic mass is 19.4. The van der Waals surface area contributed by atoms with Crippen molar-refractivity contribution in [3.05, 3.63) is 45.7 Å². The molecule has 1 aromatic carbocycles. The zero-order valence-electron chi connectivity index (χ0n) is 16.1. The molecule has 1 atom stereocenters. The van der Waals surface area contributed by atoms with Crippen LogP contribution in [0.4, 0.5) is 30.6 Å². The highest BCUT2D eigenvalue weighted by molar-refractivity contribution is 6.04. The molecule has 12 heteroatoms. The fraction of sp³-hybridized carbons (Fsp3) is 0.368. The van der Waals surface area contributed by atoms with Crippen molar-refractivity contribution in [3.63, 3.8) is 0 Å². The fourth-order valence-corrected chi connectivity index (χ4v) is 3.51. The van der Waals surface area contributed by atoms with Gasteiger partial charge in [0.2, 0.25) is 17.8 Å². The van der Waals surface area contributed by atoms with Crippen molar-refractivity contribution >= 4 is 29.3 Å². The van der Waals surface area contributed by atoms with Crippen LogP contribution in [-0.2, 0) is 20.5 Å². The number of carbonyl (C=O) groups is 2. The lowest BCUT2D eigenvalue weighted by Crippen LogP contribution is -2.41. The first kappa shape index (κ1) is 20.8. The van der Waals surface area contributed by atoms with Crippen LogP contribution in [0.2, 0.25) is 0 Å². The van der Waals surface area contributed by atoms with Gasteiger partial charge in [0.15, 0.2) is 0 Å². The van der Waals surface area contributed by atoms with E-state index in [-0.39, 0.29) is 29.4 Å². The Morgan fingerprint density at radius 1 is 1.23 bits per heavy atom. The van der Waals surface area contributed by atoms with Crippen LogP contribution in [0.1, 0.15) is 23.5 Å². The van der Waals surface area contributed by atoms with E-state index in [2.05, 4.69) is 20.6 Å². The van der Waals surface area contributed by atoms with Crippen LogP contribution in [0.15, 0.2) is 29.1 Å². The number of aromatic nitrogens is 2. The molecule has 1 aromatic heterocycles. The Morgan fingerprint density at radius 3 is 2.68 bits per heavy atom. The minimum Gasteiger partial charge on any atom is -0.378 e. The molecule has 1 fully saturated rings. The SMILES string of the molecule is O=C1C[C@@H](C(=O)Nc2cccc(C(F)(F)F)c2)c2c(nc(N3CCOCC3)[nH]c2=O)N1. The van der Waals surface area contributed by atoms with Crippen LogP contribution in [-0.4, -0.2) is 48.1 Å². The van der Waals surface area contributed by atoms with Gasteiger partial charge in [0, 0.05) is 25.2 Å². The van der Waals surface area contributed by atoms with E-state index in [1.807, 2.05) is 0 Å². The summed E-state index contributed by atoms with van der Waals surface area (Å²) in [7, 11) is 0. The standard InChI is InChI=1S/C19H18F3N5O4/c20-19(21,22)10-2-1-3-11(8-10)23-16(29)12-9-13(28)24-15-14(12)17(30)26-18(25-15)27-4-6-31-7-5-27/h1-3,8,12H,4-7,9H2,(H,23,29)(H2,24,25,26,28,30)/t12-/m1/s1. The third kappa shape index (κ3) is 4.38. The minimum atomic E-state index is -4.57. The fourth-order valence-electron chi connectivity index (χ4n) is 3.51. The molecule has 9 nitrogen and oxygen atoms in total. The first-order chi connectivity index (χ1) is 14.7. The smallest absolute Gasteiger partial charge is 0.378 e. The molecular weight excluding hydrogens is 419 g/mol. The molecular formula is C19H18F3N5O4. The first-order valence-corrected chi connectivity index (χ1v) is 9.47. The van der Waals surface area contributed by atoms with Crippen molar-refractivity contribution in [2.75, 3.05) is 41.8 Å². The Morgan fingerprint density at radius 2 is 1.97 bits per heavy atom. The molecule has 31 heavy (non-hydrogen) atoms. The highest BCUT2D eigenvalue weighted by Crippen LogP contribution is 2.33. The number of morpholine rings is 1. The molecule has 0 bridgehead atoms. The molecule has 0 aliphatic carbocycles. The molecule has 0 spiro atoms. The van der Waals surface area contributed by atoms with Crippen LogP contribution >= 0.6 is 0 Å². The Kier molecular flexibility index (Phi) is 5.39. The van der Waals surface area contributed by atoms with Crippen molar-refractivity contribution in [2.24, 2.45) is 0 Å². The highest BCUT2D eigenvalue weighted by Gasteiger charge is 2.36. The summed E-state index contributed by atoms with van der Waals surface area (Å²) in [6, 6.07) is 4.11. The van der Waals surface area contributed by atoms with Gasteiger partial charge in [-0.15, -0.1) is 0 Å². The van der Waals surface area contributed by atoms with Crippen molar-refractivity contribution in [3.8, 4) is 0 Å². The number of halogens is 3. The maximum absolute atomic E-state index is 12.9. The van der Waals surface area contributed by atoms with Gasteiger partial charge in [0.05, 0.1) is 30.3 Å². The van der Waals surface area contributed by atoms with E-state index < -0.39 is 35.0 Å². The van der Waals surface area contributed by atoms with E-state index in [0.717, 1.165) is 18.2 Å². The first-order valence-electron chi connectivity index (χ1n) is 9.47. The summed E-state index contributed by atoms with van der Waals surface area (Å²) >= 11 is 0. The maximum Gasteiger partial charge on any atom is 0.416 e. The average molecular weight is 437 g/mol. The van der Waals surface area contributed by atoms with Gasteiger partial charge < -0.3 is 20.3 Å². The van der Waals surface area contributed by atoms with E-state index in [1.54, 1.807) is 4.90 Å². The zero-order chi connectivity index (χ0) is 22.2. The summed E-state index contributed by atoms with van der Waals surface area (Å²) in [5.41, 5.74) is -1.67. The van der Waals surface area contributed by atoms with Crippen molar-refractivity contribution in [2.45, 2.75) is 18.5 Å². The monoisotopic (exact) mass is 437 g/mol. The number of hydrogen-bond donors (Lipinski definition) is 3. The number of amides is 2. The quantitative estimate of drug-likeness (QED) is 0.673. The molecule has 0 radical (unpaired) electrons. The van der Waals surface area contributed by atoms with Gasteiger partial charge in [-0.1, -0.05) is 6.07 Å². The van der Waals surface area contributed by atoms with Gasteiger partial charge >= 0.3 is 6.18 Å². The van der Waals surface area contributed by atoms with E-state index in [0.29, 0.717) is 26.3 Å². The molecule has 3 N–H and O–H groups in total. The minimum absolute atomic E-state index is 0.0364. The van der Waals surface area contributed by atoms with E-state index >= 15 is 0 Å². The summed E-state index contributed by atoms with van der Waals surface area (Å²) < 4.78 is 44.0. The predicted octanol–water partition coefficient (Wildman–Crippen LogP) is 1.69. The van der Waals surface area contributed by atoms with Gasteiger partial charge in [-0.25, -0.2) is 0 Å². The molecule has 2 aliphatic heterocycles. The number of alkyl halides is 3. The summed E-state index contributed by atoms with van der Waals surface area (Å²) in [5, 5.41) is 4.87. The number of aromatic amines is 1. The number of hydrogen-bond acceptors (Lipinski definition) is 6. The number of fused-ring (bicyclic) bond motifs is 1. The summed E-state index contributed by atoms with van der Waals surface area (Å²) in [6.07, 6.45) is -4.91. The lowest BCUT2D eigenvalue weighted by molar-refractivity contribution is -0.137. The van der Waals surface area contributed by atoms with Gasteiger partial charge in [-0.05, 0) is 18.2 Å². The van der Waals surface area contributed by atoms with Gasteiger partial charge in [0.25, 0.3) is 5.56 Å². The number of anilines is 3. The van der Waals surface area contributed by atoms with Gasteiger partial charge in [-0.3, -0.25) is 19.4 Å². The molecule has 4 rings (SSSR count). The lowest BCUT2D eigenvalue weighted by atomic mass is 9.92. The topological polar surface area (TPSA) is 116 Å². The number of nitrogens with one attached hydrogen (secondary N) is 3. The third-order valence-electron chi connectivity index (χ3n) is 5.02. The normalized spacial score (nSPS) is 18.9. The number of H-pyrrole nitrogens is 1. The Balaban J connectivity index is 1.62. The van der Waals surface area contributed by atoms with E-state index in [1.165, 1.54) is 6.07 Å². The molecule has 2 aliphatic rings. The van der Waals surface area contributed by atoms with E-state index in [9.17, 15) is 27.6 Å². The third-order valence-corrected chi connectivity index (χ3v) is 5.02. The molecule has 0 unspecified atom stereocenters. The molecule has 2 amide bonds. The van der Waals surface area contributed by atoms with Crippen molar-refractivity contribution < 1.29 is 27.5 Å². The molecule has 3 heterocycles. The molecule has 164 valence electrons. The van der Waals surface area contributed by atoms with Crippen LogP contribution in [0.5, 0.6) is 0 Å². The summed E-state index contributed by atoms with van der Waals surface area (Å²) in [6.45, 7) is 1.90. The molecule has 2 aromatic rings. The zero-order valence-corrected chi connectivity index (χ0v) is 16.1. The Labute approximate surface area is 173 Å². The van der Waals surface area contributed by atoms with E-state index in [4.69, 9.17) is 4.74 Å². The van der Waals surface area contributed by atoms with Crippen molar-refractivity contribution in [1.29, 1.82) is 0 Å². The number of carbonyl (C=O) groups excluding carboxylic acids is 2. The van der Waals surface area contributed by atoms with Crippen molar-refractivity contribution in [1.82, 2.24) is 9.97 Å². The van der Waals surface area contributed by atoms with Gasteiger partial charge in [-0.2, -0.15) is 18.2 Å². The molecule has 0 saturated carbocycles. The van der Waals surface area contributed by atoms with Crippen LogP contribution in [0.25, 0.3) is 0 Å². The van der Waals surface area contributed by atoms with Gasteiger partial charge in [0.1, 0.15) is 5.82 Å². The number of rotatable bonds is 3.